The Morgan fingerprint density at radius 2 is 1.86 bits per heavy atom. The van der Waals surface area contributed by atoms with Gasteiger partial charge in [-0.3, -0.25) is 0 Å². The van der Waals surface area contributed by atoms with Gasteiger partial charge in [0.15, 0.2) is 6.79 Å². The smallest absolute Gasteiger partial charge is 0.466 e. The number of ether oxygens (including phenoxy) is 1. The number of phosphoric acid groups is 1. The van der Waals surface area contributed by atoms with Gasteiger partial charge >= 0.3 is 7.82 Å². The molecule has 1 aliphatic rings. The van der Waals surface area contributed by atoms with Crippen LogP contribution >= 0.6 is 7.82 Å². The third-order valence-corrected chi connectivity index (χ3v) is 4.91. The van der Waals surface area contributed by atoms with E-state index in [1.165, 1.54) is 19.3 Å². The van der Waals surface area contributed by atoms with Gasteiger partial charge in [0, 0.05) is 0 Å². The third-order valence-electron chi connectivity index (χ3n) is 4.47. The molecule has 0 spiro atoms. The standard InChI is InChI=1S/C16H25O5P/c1-11(2)14-8-5-9-15(12(3)13-6-4-7-13)16(14)20-10-21-22(17,18)19/h5,8-9,11-13H,4,6-7,10H2,1-3H3,(H2,17,18,19). The highest BCUT2D eigenvalue weighted by Crippen LogP contribution is 2.44. The molecule has 22 heavy (non-hydrogen) atoms. The average molecular weight is 328 g/mol. The fourth-order valence-corrected chi connectivity index (χ4v) is 3.09. The van der Waals surface area contributed by atoms with Crippen molar-refractivity contribution in [2.45, 2.75) is 51.9 Å². The fraction of sp³-hybridized carbons (Fsp3) is 0.625. The first-order chi connectivity index (χ1) is 10.3. The Kier molecular flexibility index (Phi) is 5.67. The highest BCUT2D eigenvalue weighted by atomic mass is 31.2. The van der Waals surface area contributed by atoms with Gasteiger partial charge in [-0.1, -0.05) is 45.4 Å². The maximum atomic E-state index is 10.8. The second-order valence-electron chi connectivity index (χ2n) is 6.28. The molecule has 0 amide bonds. The molecule has 1 saturated carbocycles. The summed E-state index contributed by atoms with van der Waals surface area (Å²) in [5.74, 6) is 2.01. The van der Waals surface area contributed by atoms with Crippen molar-refractivity contribution in [1.29, 1.82) is 0 Å². The Hall–Kier alpha value is -0.870. The van der Waals surface area contributed by atoms with E-state index < -0.39 is 14.6 Å². The van der Waals surface area contributed by atoms with Crippen LogP contribution in [0.5, 0.6) is 5.75 Å². The van der Waals surface area contributed by atoms with E-state index in [0.29, 0.717) is 17.6 Å². The summed E-state index contributed by atoms with van der Waals surface area (Å²) >= 11 is 0. The van der Waals surface area contributed by atoms with E-state index in [-0.39, 0.29) is 5.92 Å². The first-order valence-electron chi connectivity index (χ1n) is 7.75. The van der Waals surface area contributed by atoms with Crippen LogP contribution in [0.2, 0.25) is 0 Å². The molecule has 2 rings (SSSR count). The summed E-state index contributed by atoms with van der Waals surface area (Å²) in [5.41, 5.74) is 2.14. The minimum Gasteiger partial charge on any atom is -0.466 e. The van der Waals surface area contributed by atoms with E-state index in [4.69, 9.17) is 14.5 Å². The van der Waals surface area contributed by atoms with Crippen LogP contribution in [0.4, 0.5) is 0 Å². The molecule has 1 atom stereocenters. The molecule has 1 aromatic carbocycles. The lowest BCUT2D eigenvalue weighted by atomic mass is 9.73. The van der Waals surface area contributed by atoms with Crippen molar-refractivity contribution in [2.24, 2.45) is 5.92 Å². The minimum atomic E-state index is -4.52. The van der Waals surface area contributed by atoms with Gasteiger partial charge in [-0.05, 0) is 41.7 Å². The van der Waals surface area contributed by atoms with Crippen molar-refractivity contribution in [1.82, 2.24) is 0 Å². The van der Waals surface area contributed by atoms with E-state index >= 15 is 0 Å². The Labute approximate surface area is 131 Å². The summed E-state index contributed by atoms with van der Waals surface area (Å²) in [5, 5.41) is 0. The first kappa shape index (κ1) is 17.5. The highest BCUT2D eigenvalue weighted by molar-refractivity contribution is 7.46. The number of hydrogen-bond acceptors (Lipinski definition) is 3. The quantitative estimate of drug-likeness (QED) is 0.580. The molecule has 0 aliphatic heterocycles. The summed E-state index contributed by atoms with van der Waals surface area (Å²) in [6.07, 6.45) is 3.73. The largest absolute Gasteiger partial charge is 0.472 e. The van der Waals surface area contributed by atoms with Crippen LogP contribution in [0.15, 0.2) is 18.2 Å². The number of phosphoric ester groups is 1. The predicted molar refractivity (Wildman–Crippen MR) is 84.9 cm³/mol. The Bertz CT molecular complexity index is 547. The van der Waals surface area contributed by atoms with Gasteiger partial charge < -0.3 is 14.5 Å². The molecular weight excluding hydrogens is 303 g/mol. The minimum absolute atomic E-state index is 0.263. The summed E-state index contributed by atoms with van der Waals surface area (Å²) in [6.45, 7) is 5.89. The van der Waals surface area contributed by atoms with Crippen LogP contribution in [-0.2, 0) is 9.09 Å². The van der Waals surface area contributed by atoms with Crippen molar-refractivity contribution < 1.29 is 23.6 Å². The lowest BCUT2D eigenvalue weighted by molar-refractivity contribution is 0.0804. The molecule has 0 bridgehead atoms. The zero-order valence-electron chi connectivity index (χ0n) is 13.4. The van der Waals surface area contributed by atoms with Crippen molar-refractivity contribution in [3.8, 4) is 5.75 Å². The van der Waals surface area contributed by atoms with Gasteiger partial charge in [-0.25, -0.2) is 9.09 Å². The first-order valence-corrected chi connectivity index (χ1v) is 9.28. The molecule has 0 radical (unpaired) electrons. The van der Waals surface area contributed by atoms with Crippen molar-refractivity contribution >= 4 is 7.82 Å². The lowest BCUT2D eigenvalue weighted by Crippen LogP contribution is -2.19. The van der Waals surface area contributed by atoms with Crippen LogP contribution in [0.3, 0.4) is 0 Å². The molecule has 124 valence electrons. The predicted octanol–water partition coefficient (Wildman–Crippen LogP) is 4.16. The summed E-state index contributed by atoms with van der Waals surface area (Å²) in [7, 11) is -4.52. The van der Waals surface area contributed by atoms with Crippen molar-refractivity contribution in [2.75, 3.05) is 6.79 Å². The molecular formula is C16H25O5P. The molecule has 5 nitrogen and oxygen atoms in total. The van der Waals surface area contributed by atoms with Gasteiger partial charge in [-0.2, -0.15) is 0 Å². The monoisotopic (exact) mass is 328 g/mol. The zero-order valence-corrected chi connectivity index (χ0v) is 14.3. The molecule has 1 aliphatic carbocycles. The van der Waals surface area contributed by atoms with E-state index in [1.807, 2.05) is 18.2 Å². The fourth-order valence-electron chi connectivity index (χ4n) is 2.90. The summed E-state index contributed by atoms with van der Waals surface area (Å²) < 4.78 is 20.9. The van der Waals surface area contributed by atoms with E-state index in [9.17, 15) is 4.57 Å². The maximum Gasteiger partial charge on any atom is 0.472 e. The Morgan fingerprint density at radius 1 is 1.23 bits per heavy atom. The average Bonchev–Trinajstić information content (AvgIpc) is 2.34. The van der Waals surface area contributed by atoms with Crippen LogP contribution in [0.1, 0.15) is 63.0 Å². The van der Waals surface area contributed by atoms with Gasteiger partial charge in [0.1, 0.15) is 5.75 Å². The zero-order chi connectivity index (χ0) is 16.3. The van der Waals surface area contributed by atoms with E-state index in [2.05, 4.69) is 25.3 Å². The number of hydrogen-bond donors (Lipinski definition) is 2. The summed E-state index contributed by atoms with van der Waals surface area (Å²) in [6, 6.07) is 6.06. The third kappa shape index (κ3) is 4.32. The summed E-state index contributed by atoms with van der Waals surface area (Å²) in [4.78, 5) is 17.6. The molecule has 2 N–H and O–H groups in total. The van der Waals surface area contributed by atoms with Gasteiger partial charge in [0.2, 0.25) is 0 Å². The van der Waals surface area contributed by atoms with Crippen LogP contribution < -0.4 is 4.74 Å². The lowest BCUT2D eigenvalue weighted by Gasteiger charge is -2.33. The molecule has 6 heteroatoms. The molecule has 1 unspecified atom stereocenters. The Balaban J connectivity index is 2.23. The van der Waals surface area contributed by atoms with Gasteiger partial charge in [-0.15, -0.1) is 0 Å². The number of rotatable bonds is 7. The normalized spacial score (nSPS) is 17.4. The van der Waals surface area contributed by atoms with E-state index in [0.717, 1.165) is 11.1 Å². The molecule has 1 fully saturated rings. The molecule has 0 heterocycles. The van der Waals surface area contributed by atoms with Crippen molar-refractivity contribution in [3.63, 3.8) is 0 Å². The highest BCUT2D eigenvalue weighted by Gasteiger charge is 2.28. The van der Waals surface area contributed by atoms with Crippen LogP contribution in [-0.4, -0.2) is 16.6 Å². The Morgan fingerprint density at radius 3 is 2.36 bits per heavy atom. The number of para-hydroxylation sites is 1. The van der Waals surface area contributed by atoms with Crippen molar-refractivity contribution in [3.05, 3.63) is 29.3 Å². The number of benzene rings is 1. The topological polar surface area (TPSA) is 76.0 Å². The second-order valence-corrected chi connectivity index (χ2v) is 7.52. The molecule has 0 aromatic heterocycles. The molecule has 0 saturated heterocycles. The van der Waals surface area contributed by atoms with Gasteiger partial charge in [0.25, 0.3) is 0 Å². The maximum absolute atomic E-state index is 10.8. The van der Waals surface area contributed by atoms with Crippen LogP contribution in [0.25, 0.3) is 0 Å². The second kappa shape index (κ2) is 7.14. The van der Waals surface area contributed by atoms with E-state index in [1.54, 1.807) is 0 Å². The molecule has 1 aromatic rings. The van der Waals surface area contributed by atoms with Gasteiger partial charge in [0.05, 0.1) is 0 Å². The van der Waals surface area contributed by atoms with Crippen LogP contribution in [0, 0.1) is 5.92 Å². The SMILES string of the molecule is CC(C)c1cccc(C(C)C2CCC2)c1OCOP(=O)(O)O.